The molecule has 6 heteroatoms. The van der Waals surface area contributed by atoms with Gasteiger partial charge in [-0.3, -0.25) is 14.5 Å². The molecule has 4 nitrogen and oxygen atoms in total. The van der Waals surface area contributed by atoms with E-state index in [0.717, 1.165) is 22.0 Å². The zero-order valence-electron chi connectivity index (χ0n) is 11.3. The fourth-order valence-corrected chi connectivity index (χ4v) is 3.89. The summed E-state index contributed by atoms with van der Waals surface area (Å²) in [5.41, 5.74) is 1.99. The van der Waals surface area contributed by atoms with Gasteiger partial charge in [-0.1, -0.05) is 42.1 Å². The van der Waals surface area contributed by atoms with Gasteiger partial charge in [0.05, 0.1) is 11.4 Å². The Balaban J connectivity index is 1.60. The summed E-state index contributed by atoms with van der Waals surface area (Å²) < 4.78 is 0.855. The standard InChI is InChI=1S/C15H14N2O2S2/c18-13-7-4-8-17(13)14(19)10-21-15-16-12(9-20-15)11-5-2-1-3-6-11/h1-3,5-6,9H,4,7-8,10H2. The molecule has 0 radical (unpaired) electrons. The van der Waals surface area contributed by atoms with Gasteiger partial charge in [0.15, 0.2) is 4.34 Å². The smallest absolute Gasteiger partial charge is 0.239 e. The number of nitrogens with zero attached hydrogens (tertiary/aromatic N) is 2. The lowest BCUT2D eigenvalue weighted by atomic mass is 10.2. The molecule has 0 bridgehead atoms. The molecular formula is C15H14N2O2S2. The Morgan fingerprint density at radius 3 is 2.86 bits per heavy atom. The number of benzene rings is 1. The Kier molecular flexibility index (Phi) is 4.36. The molecule has 1 aliphatic heterocycles. The lowest BCUT2D eigenvalue weighted by Crippen LogP contribution is -2.33. The van der Waals surface area contributed by atoms with E-state index in [4.69, 9.17) is 0 Å². The summed E-state index contributed by atoms with van der Waals surface area (Å²) in [7, 11) is 0. The Labute approximate surface area is 131 Å². The van der Waals surface area contributed by atoms with Crippen LogP contribution in [0.3, 0.4) is 0 Å². The molecule has 0 atom stereocenters. The average molecular weight is 318 g/mol. The summed E-state index contributed by atoms with van der Waals surface area (Å²) >= 11 is 2.92. The molecule has 0 unspecified atom stereocenters. The van der Waals surface area contributed by atoms with Crippen molar-refractivity contribution in [3.8, 4) is 11.3 Å². The van der Waals surface area contributed by atoms with Crippen molar-refractivity contribution in [2.24, 2.45) is 0 Å². The highest BCUT2D eigenvalue weighted by Gasteiger charge is 2.26. The van der Waals surface area contributed by atoms with Crippen LogP contribution in [0.2, 0.25) is 0 Å². The lowest BCUT2D eigenvalue weighted by molar-refractivity contribution is -0.140. The summed E-state index contributed by atoms with van der Waals surface area (Å²) in [4.78, 5) is 29.3. The van der Waals surface area contributed by atoms with Gasteiger partial charge in [0.2, 0.25) is 11.8 Å². The summed E-state index contributed by atoms with van der Waals surface area (Å²) in [6.07, 6.45) is 1.27. The number of carbonyl (C=O) groups excluding carboxylic acids is 2. The summed E-state index contributed by atoms with van der Waals surface area (Å²) in [6.45, 7) is 0.561. The van der Waals surface area contributed by atoms with Crippen molar-refractivity contribution in [1.82, 2.24) is 9.88 Å². The van der Waals surface area contributed by atoms with Gasteiger partial charge in [0, 0.05) is 23.9 Å². The molecule has 0 spiro atoms. The van der Waals surface area contributed by atoms with E-state index in [1.165, 1.54) is 28.0 Å². The fraction of sp³-hybridized carbons (Fsp3) is 0.267. The molecule has 1 fully saturated rings. The van der Waals surface area contributed by atoms with Crippen LogP contribution in [-0.2, 0) is 9.59 Å². The van der Waals surface area contributed by atoms with E-state index in [9.17, 15) is 9.59 Å². The number of aromatic nitrogens is 1. The molecule has 1 aliphatic rings. The number of thioether (sulfide) groups is 1. The first-order valence-corrected chi connectivity index (χ1v) is 8.57. The van der Waals surface area contributed by atoms with Gasteiger partial charge in [-0.05, 0) is 6.42 Å². The van der Waals surface area contributed by atoms with Crippen molar-refractivity contribution in [3.63, 3.8) is 0 Å². The second-order valence-electron chi connectivity index (χ2n) is 4.70. The van der Waals surface area contributed by atoms with E-state index in [-0.39, 0.29) is 17.6 Å². The Morgan fingerprint density at radius 2 is 2.14 bits per heavy atom. The van der Waals surface area contributed by atoms with Crippen LogP contribution in [0.15, 0.2) is 40.1 Å². The third-order valence-electron chi connectivity index (χ3n) is 3.25. The van der Waals surface area contributed by atoms with Gasteiger partial charge in [0.1, 0.15) is 0 Å². The van der Waals surface area contributed by atoms with Gasteiger partial charge >= 0.3 is 0 Å². The Bertz CT molecular complexity index is 655. The maximum absolute atomic E-state index is 12.0. The first-order valence-electron chi connectivity index (χ1n) is 6.71. The zero-order valence-corrected chi connectivity index (χ0v) is 13.0. The van der Waals surface area contributed by atoms with E-state index in [1.807, 2.05) is 35.7 Å². The fourth-order valence-electron chi connectivity index (χ4n) is 2.18. The molecule has 1 saturated heterocycles. The van der Waals surface area contributed by atoms with Crippen LogP contribution in [0, 0.1) is 0 Å². The van der Waals surface area contributed by atoms with Crippen molar-refractivity contribution < 1.29 is 9.59 Å². The topological polar surface area (TPSA) is 50.3 Å². The first-order chi connectivity index (χ1) is 10.2. The molecule has 0 aliphatic carbocycles. The number of carbonyl (C=O) groups is 2. The monoisotopic (exact) mass is 318 g/mol. The predicted octanol–water partition coefficient (Wildman–Crippen LogP) is 3.05. The number of amides is 2. The molecule has 1 aromatic heterocycles. The van der Waals surface area contributed by atoms with Crippen LogP contribution in [0.1, 0.15) is 12.8 Å². The molecule has 2 heterocycles. The van der Waals surface area contributed by atoms with E-state index in [2.05, 4.69) is 4.98 Å². The molecular weight excluding hydrogens is 304 g/mol. The van der Waals surface area contributed by atoms with E-state index < -0.39 is 0 Å². The molecule has 1 aromatic carbocycles. The minimum atomic E-state index is -0.112. The van der Waals surface area contributed by atoms with E-state index in [0.29, 0.717) is 13.0 Å². The van der Waals surface area contributed by atoms with E-state index in [1.54, 1.807) is 0 Å². The van der Waals surface area contributed by atoms with Gasteiger partial charge in [-0.2, -0.15) is 0 Å². The summed E-state index contributed by atoms with van der Waals surface area (Å²) in [5, 5.41) is 1.99. The maximum Gasteiger partial charge on any atom is 0.239 e. The lowest BCUT2D eigenvalue weighted by Gasteiger charge is -2.12. The summed E-state index contributed by atoms with van der Waals surface area (Å²) in [6, 6.07) is 9.94. The van der Waals surface area contributed by atoms with Crippen LogP contribution in [0.4, 0.5) is 0 Å². The van der Waals surface area contributed by atoms with Gasteiger partial charge < -0.3 is 0 Å². The normalized spacial score (nSPS) is 14.7. The van der Waals surface area contributed by atoms with Crippen LogP contribution in [-0.4, -0.2) is 34.0 Å². The molecule has 0 N–H and O–H groups in total. The Hall–Kier alpha value is -1.66. The second-order valence-corrected chi connectivity index (χ2v) is 6.78. The third-order valence-corrected chi connectivity index (χ3v) is 5.25. The molecule has 3 rings (SSSR count). The van der Waals surface area contributed by atoms with Crippen molar-refractivity contribution in [2.45, 2.75) is 17.2 Å². The van der Waals surface area contributed by atoms with Crippen LogP contribution in [0.5, 0.6) is 0 Å². The van der Waals surface area contributed by atoms with E-state index >= 15 is 0 Å². The van der Waals surface area contributed by atoms with Gasteiger partial charge in [0.25, 0.3) is 0 Å². The highest BCUT2D eigenvalue weighted by Crippen LogP contribution is 2.28. The average Bonchev–Trinajstić information content (AvgIpc) is 3.15. The van der Waals surface area contributed by atoms with Crippen molar-refractivity contribution in [1.29, 1.82) is 0 Å². The minimum absolute atomic E-state index is 0.0512. The van der Waals surface area contributed by atoms with Gasteiger partial charge in [-0.25, -0.2) is 4.98 Å². The van der Waals surface area contributed by atoms with Crippen LogP contribution >= 0.6 is 23.1 Å². The third kappa shape index (κ3) is 3.33. The number of hydrogen-bond acceptors (Lipinski definition) is 5. The van der Waals surface area contributed by atoms with Crippen molar-refractivity contribution in [2.75, 3.05) is 12.3 Å². The number of hydrogen-bond donors (Lipinski definition) is 0. The maximum atomic E-state index is 12.0. The quantitative estimate of drug-likeness (QED) is 0.813. The van der Waals surface area contributed by atoms with Crippen LogP contribution < -0.4 is 0 Å². The highest BCUT2D eigenvalue weighted by molar-refractivity contribution is 8.01. The predicted molar refractivity (Wildman–Crippen MR) is 84.2 cm³/mol. The molecule has 2 aromatic rings. The van der Waals surface area contributed by atoms with Gasteiger partial charge in [-0.15, -0.1) is 11.3 Å². The molecule has 21 heavy (non-hydrogen) atoms. The number of thiazole rings is 1. The molecule has 0 saturated carbocycles. The zero-order chi connectivity index (χ0) is 14.7. The molecule has 108 valence electrons. The Morgan fingerprint density at radius 1 is 1.33 bits per heavy atom. The SMILES string of the molecule is O=C1CCCN1C(=O)CSc1nc(-c2ccccc2)cs1. The first kappa shape index (κ1) is 14.3. The summed E-state index contributed by atoms with van der Waals surface area (Å²) in [5.74, 6) is 0.108. The van der Waals surface area contributed by atoms with Crippen LogP contribution in [0.25, 0.3) is 11.3 Å². The van der Waals surface area contributed by atoms with Crippen molar-refractivity contribution in [3.05, 3.63) is 35.7 Å². The number of likely N-dealkylation sites (tertiary alicyclic amines) is 1. The highest BCUT2D eigenvalue weighted by atomic mass is 32.2. The second kappa shape index (κ2) is 6.41. The largest absolute Gasteiger partial charge is 0.282 e. The van der Waals surface area contributed by atoms with Crippen molar-refractivity contribution >= 4 is 34.9 Å². The minimum Gasteiger partial charge on any atom is -0.282 e. The number of imide groups is 1. The molecule has 2 amide bonds. The number of rotatable bonds is 4.